The molecular weight excluding hydrogens is 394 g/mol. The molecule has 0 N–H and O–H groups in total. The van der Waals surface area contributed by atoms with E-state index >= 15 is 0 Å². The molecule has 2 heterocycles. The second-order valence-corrected chi connectivity index (χ2v) is 7.23. The third kappa shape index (κ3) is 4.71. The van der Waals surface area contributed by atoms with Crippen LogP contribution in [0.5, 0.6) is 11.9 Å². The highest BCUT2D eigenvalue weighted by Crippen LogP contribution is 2.22. The summed E-state index contributed by atoms with van der Waals surface area (Å²) in [5.41, 5.74) is 1.41. The number of piperidine rings is 1. The Morgan fingerprint density at radius 2 is 1.61 bits per heavy atom. The zero-order valence-corrected chi connectivity index (χ0v) is 17.2. The van der Waals surface area contributed by atoms with E-state index in [9.17, 15) is 9.59 Å². The maximum atomic E-state index is 13.2. The lowest BCUT2D eigenvalue weighted by Gasteiger charge is -2.32. The summed E-state index contributed by atoms with van der Waals surface area (Å²) in [5.74, 6) is 0.165. The van der Waals surface area contributed by atoms with Crippen molar-refractivity contribution in [2.24, 2.45) is 0 Å². The van der Waals surface area contributed by atoms with Crippen molar-refractivity contribution < 1.29 is 19.1 Å². The van der Waals surface area contributed by atoms with Crippen LogP contribution in [0.4, 0.5) is 0 Å². The largest absolute Gasteiger partial charge is 0.474 e. The summed E-state index contributed by atoms with van der Waals surface area (Å²) in [5, 5.41) is 0. The highest BCUT2D eigenvalue weighted by atomic mass is 16.5. The van der Waals surface area contributed by atoms with Crippen molar-refractivity contribution in [1.82, 2.24) is 14.9 Å². The number of likely N-dealkylation sites (tertiary alicyclic amines) is 1. The van der Waals surface area contributed by atoms with Gasteiger partial charge in [0.05, 0.1) is 12.7 Å². The number of ketones is 1. The SMILES string of the molecule is COc1nccc(OC2CCN(C(=O)c3ccccc3C(=O)c3ccccc3)CC2)n1. The predicted octanol–water partition coefficient (Wildman–Crippen LogP) is 3.40. The summed E-state index contributed by atoms with van der Waals surface area (Å²) in [6.07, 6.45) is 2.88. The number of hydrogen-bond donors (Lipinski definition) is 0. The van der Waals surface area contributed by atoms with Gasteiger partial charge >= 0.3 is 6.01 Å². The first-order valence-electron chi connectivity index (χ1n) is 10.2. The van der Waals surface area contributed by atoms with Crippen LogP contribution in [0.2, 0.25) is 0 Å². The minimum atomic E-state index is -0.152. The van der Waals surface area contributed by atoms with E-state index in [-0.39, 0.29) is 23.8 Å². The molecule has 4 rings (SSSR count). The van der Waals surface area contributed by atoms with E-state index in [2.05, 4.69) is 9.97 Å². The van der Waals surface area contributed by atoms with Crippen molar-refractivity contribution in [1.29, 1.82) is 0 Å². The number of rotatable bonds is 6. The number of amides is 1. The lowest BCUT2D eigenvalue weighted by molar-refractivity contribution is 0.0584. The second-order valence-electron chi connectivity index (χ2n) is 7.23. The summed E-state index contributed by atoms with van der Waals surface area (Å²) < 4.78 is 10.9. The van der Waals surface area contributed by atoms with E-state index < -0.39 is 0 Å². The Morgan fingerprint density at radius 3 is 2.32 bits per heavy atom. The summed E-state index contributed by atoms with van der Waals surface area (Å²) in [6.45, 7) is 1.08. The van der Waals surface area contributed by atoms with Gasteiger partial charge in [0.15, 0.2) is 5.78 Å². The Labute approximate surface area is 180 Å². The van der Waals surface area contributed by atoms with Crippen LogP contribution in [0.1, 0.15) is 39.1 Å². The molecule has 1 aromatic heterocycles. The zero-order chi connectivity index (χ0) is 21.6. The highest BCUT2D eigenvalue weighted by Gasteiger charge is 2.27. The van der Waals surface area contributed by atoms with Gasteiger partial charge in [-0.25, -0.2) is 4.98 Å². The molecule has 7 heteroatoms. The molecule has 7 nitrogen and oxygen atoms in total. The average Bonchev–Trinajstić information content (AvgIpc) is 2.84. The topological polar surface area (TPSA) is 81.6 Å². The lowest BCUT2D eigenvalue weighted by Crippen LogP contribution is -2.42. The van der Waals surface area contributed by atoms with Crippen LogP contribution in [0.25, 0.3) is 0 Å². The molecule has 0 atom stereocenters. The molecule has 0 saturated carbocycles. The van der Waals surface area contributed by atoms with Crippen molar-refractivity contribution >= 4 is 11.7 Å². The van der Waals surface area contributed by atoms with Gasteiger partial charge in [-0.1, -0.05) is 48.5 Å². The molecular formula is C24H23N3O4. The van der Waals surface area contributed by atoms with Gasteiger partial charge in [0.1, 0.15) is 6.10 Å². The van der Waals surface area contributed by atoms with Crippen LogP contribution < -0.4 is 9.47 Å². The Morgan fingerprint density at radius 1 is 0.935 bits per heavy atom. The Bertz CT molecular complexity index is 1060. The van der Waals surface area contributed by atoms with E-state index in [1.165, 1.54) is 7.11 Å². The molecule has 3 aromatic rings. The summed E-state index contributed by atoms with van der Waals surface area (Å²) in [7, 11) is 1.50. The van der Waals surface area contributed by atoms with Gasteiger partial charge in [0.2, 0.25) is 5.88 Å². The third-order valence-electron chi connectivity index (χ3n) is 5.25. The molecule has 0 aliphatic carbocycles. The first kappa shape index (κ1) is 20.5. The molecule has 1 saturated heterocycles. The van der Waals surface area contributed by atoms with Crippen molar-refractivity contribution in [2.45, 2.75) is 18.9 Å². The molecule has 158 valence electrons. The lowest BCUT2D eigenvalue weighted by atomic mass is 9.97. The van der Waals surface area contributed by atoms with Gasteiger partial charge in [0, 0.05) is 49.3 Å². The first-order valence-corrected chi connectivity index (χ1v) is 10.2. The summed E-state index contributed by atoms with van der Waals surface area (Å²) in [4.78, 5) is 36.1. The minimum Gasteiger partial charge on any atom is -0.474 e. The first-order chi connectivity index (χ1) is 15.2. The van der Waals surface area contributed by atoms with Crippen molar-refractivity contribution in [3.05, 3.63) is 83.6 Å². The molecule has 0 unspecified atom stereocenters. The van der Waals surface area contributed by atoms with Gasteiger partial charge in [-0.15, -0.1) is 0 Å². The zero-order valence-electron chi connectivity index (χ0n) is 17.2. The van der Waals surface area contributed by atoms with Gasteiger partial charge in [-0.2, -0.15) is 4.98 Å². The maximum Gasteiger partial charge on any atom is 0.319 e. The standard InChI is InChI=1S/C24H23N3O4/c1-30-24-25-14-11-21(26-24)31-18-12-15-27(16-13-18)23(29)20-10-6-5-9-19(20)22(28)17-7-3-2-4-8-17/h2-11,14,18H,12-13,15-16H2,1H3. The number of nitrogens with zero attached hydrogens (tertiary/aromatic N) is 3. The van der Waals surface area contributed by atoms with Crippen molar-refractivity contribution in [3.63, 3.8) is 0 Å². The van der Waals surface area contributed by atoms with Crippen LogP contribution in [0.3, 0.4) is 0 Å². The molecule has 2 aromatic carbocycles. The van der Waals surface area contributed by atoms with Crippen LogP contribution in [-0.2, 0) is 0 Å². The van der Waals surface area contributed by atoms with E-state index in [1.807, 2.05) is 18.2 Å². The number of ether oxygens (including phenoxy) is 2. The molecule has 1 aliphatic heterocycles. The molecule has 0 bridgehead atoms. The molecule has 1 aliphatic rings. The number of carbonyl (C=O) groups excluding carboxylic acids is 2. The maximum absolute atomic E-state index is 13.2. The molecule has 0 radical (unpaired) electrons. The Balaban J connectivity index is 1.43. The van der Waals surface area contributed by atoms with Crippen LogP contribution in [0, 0.1) is 0 Å². The molecule has 31 heavy (non-hydrogen) atoms. The van der Waals surface area contributed by atoms with Gasteiger partial charge in [-0.05, 0) is 6.07 Å². The van der Waals surface area contributed by atoms with Gasteiger partial charge in [0.25, 0.3) is 5.91 Å². The van der Waals surface area contributed by atoms with Crippen molar-refractivity contribution in [2.75, 3.05) is 20.2 Å². The van der Waals surface area contributed by atoms with Gasteiger partial charge < -0.3 is 14.4 Å². The normalized spacial score (nSPS) is 14.2. The molecule has 1 amide bonds. The number of aromatic nitrogens is 2. The second kappa shape index (κ2) is 9.38. The minimum absolute atomic E-state index is 0.0511. The fourth-order valence-electron chi connectivity index (χ4n) is 3.62. The fraction of sp³-hybridized carbons (Fsp3) is 0.250. The molecule has 1 fully saturated rings. The quantitative estimate of drug-likeness (QED) is 0.572. The number of methoxy groups -OCH3 is 1. The smallest absolute Gasteiger partial charge is 0.319 e. The molecule has 0 spiro atoms. The highest BCUT2D eigenvalue weighted by molar-refractivity contribution is 6.15. The van der Waals surface area contributed by atoms with Crippen molar-refractivity contribution in [3.8, 4) is 11.9 Å². The van der Waals surface area contributed by atoms with Crippen LogP contribution >= 0.6 is 0 Å². The fourth-order valence-corrected chi connectivity index (χ4v) is 3.62. The van der Waals surface area contributed by atoms with E-state index in [4.69, 9.17) is 9.47 Å². The predicted molar refractivity (Wildman–Crippen MR) is 114 cm³/mol. The monoisotopic (exact) mass is 417 g/mol. The van der Waals surface area contributed by atoms with Crippen LogP contribution in [0.15, 0.2) is 66.9 Å². The summed E-state index contributed by atoms with van der Waals surface area (Å²) >= 11 is 0. The Hall–Kier alpha value is -3.74. The summed E-state index contributed by atoms with van der Waals surface area (Å²) in [6, 6.07) is 17.9. The van der Waals surface area contributed by atoms with E-state index in [1.54, 1.807) is 53.6 Å². The van der Waals surface area contributed by atoms with E-state index in [0.29, 0.717) is 48.5 Å². The number of hydrogen-bond acceptors (Lipinski definition) is 6. The third-order valence-corrected chi connectivity index (χ3v) is 5.25. The van der Waals surface area contributed by atoms with Crippen LogP contribution in [-0.4, -0.2) is 52.9 Å². The van der Waals surface area contributed by atoms with Gasteiger partial charge in [-0.3, -0.25) is 9.59 Å². The number of benzene rings is 2. The number of carbonyl (C=O) groups is 2. The average molecular weight is 417 g/mol. The Kier molecular flexibility index (Phi) is 6.21. The van der Waals surface area contributed by atoms with E-state index in [0.717, 1.165) is 0 Å².